The Kier molecular flexibility index (Phi) is 2.21. The summed E-state index contributed by atoms with van der Waals surface area (Å²) in [6.07, 6.45) is -8.00. The highest BCUT2D eigenvalue weighted by Gasteiger charge is 2.22. The van der Waals surface area contributed by atoms with E-state index in [1.54, 1.807) is 0 Å². The molecule has 1 unspecified atom stereocenters. The first kappa shape index (κ1) is 5.69. The molecule has 17 heavy (non-hydrogen) atoms. The quantitative estimate of drug-likeness (QED) is 0.702. The van der Waals surface area contributed by atoms with Crippen molar-refractivity contribution < 1.29 is 33.2 Å². The molecule has 0 amide bonds. The Balaban J connectivity index is 6.90. The Morgan fingerprint density at radius 3 is 2.59 bits per heavy atom. The van der Waals surface area contributed by atoms with Crippen molar-refractivity contribution >= 4 is 11.9 Å². The molecule has 2 atom stereocenters. The number of esters is 1. The van der Waals surface area contributed by atoms with E-state index in [-0.39, 0.29) is 5.31 Å². The standard InChI is InChI=1S/C12H23NO4/c1-8(6-9(13-5)11(15)16)7-10(14)17-12(2,3)4/h8-9,13H,6-7H2,1-5H3,(H,15,16)/t8?,9-/m0/s1/i1D3,6D2,7D2,8D,9D/hD. The third kappa shape index (κ3) is 7.74. The van der Waals surface area contributed by atoms with E-state index < -0.39 is 49.0 Å². The number of nitrogens with one attached hydrogen (secondary N) is 1. The summed E-state index contributed by atoms with van der Waals surface area (Å²) in [6, 6.07) is -3.74. The number of carboxylic acids is 1. The maximum atomic E-state index is 12.3. The van der Waals surface area contributed by atoms with E-state index in [0.29, 0.717) is 7.05 Å². The van der Waals surface area contributed by atoms with Gasteiger partial charge in [0.15, 0.2) is 0 Å². The number of carbonyl (C=O) groups excluding carboxylic acids is 1. The summed E-state index contributed by atoms with van der Waals surface area (Å²) in [4.78, 5) is 23.8. The highest BCUT2D eigenvalue weighted by atomic mass is 16.6. The third-order valence-corrected chi connectivity index (χ3v) is 1.30. The van der Waals surface area contributed by atoms with Gasteiger partial charge in [0.1, 0.15) is 13.0 Å². The number of aliphatic carboxylic acids is 1. The van der Waals surface area contributed by atoms with Crippen LogP contribution in [0.25, 0.3) is 0 Å². The van der Waals surface area contributed by atoms with E-state index in [1.807, 2.05) is 0 Å². The van der Waals surface area contributed by atoms with Crippen LogP contribution in [0.3, 0.4) is 0 Å². The van der Waals surface area contributed by atoms with Crippen molar-refractivity contribution in [2.45, 2.75) is 52.0 Å². The lowest BCUT2D eigenvalue weighted by molar-refractivity contribution is -0.156. The van der Waals surface area contributed by atoms with Crippen LogP contribution >= 0.6 is 0 Å². The van der Waals surface area contributed by atoms with Gasteiger partial charge in [0.2, 0.25) is 0 Å². The largest absolute Gasteiger partial charge is 0.480 e. The van der Waals surface area contributed by atoms with Crippen LogP contribution in [0.2, 0.25) is 1.41 Å². The van der Waals surface area contributed by atoms with E-state index in [0.717, 1.165) is 0 Å². The molecule has 0 aromatic rings. The van der Waals surface area contributed by atoms with Gasteiger partial charge in [0.25, 0.3) is 0 Å². The molecule has 0 aromatic heterocycles. The molecule has 0 aromatic carbocycles. The summed E-state index contributed by atoms with van der Waals surface area (Å²) in [6.45, 7) is 0.0370. The van der Waals surface area contributed by atoms with Gasteiger partial charge in [-0.05, 0) is 40.1 Å². The highest BCUT2D eigenvalue weighted by Crippen LogP contribution is 2.15. The molecule has 0 rings (SSSR count). The van der Waals surface area contributed by atoms with Crippen LogP contribution in [0.15, 0.2) is 0 Å². The topological polar surface area (TPSA) is 75.6 Å². The molecule has 0 aliphatic rings. The minimum Gasteiger partial charge on any atom is -0.480 e. The average Bonchev–Trinajstić information content (AvgIpc) is 2.40. The van der Waals surface area contributed by atoms with Crippen molar-refractivity contribution in [3.63, 3.8) is 0 Å². The maximum absolute atomic E-state index is 12.3. The van der Waals surface area contributed by atoms with Gasteiger partial charge >= 0.3 is 11.9 Å². The lowest BCUT2D eigenvalue weighted by Crippen LogP contribution is -2.36. The van der Waals surface area contributed by atoms with Crippen molar-refractivity contribution in [3.05, 3.63) is 0 Å². The molecule has 0 aliphatic heterocycles. The van der Waals surface area contributed by atoms with Crippen LogP contribution in [0.1, 0.15) is 52.7 Å². The predicted octanol–water partition coefficient (Wildman–Crippen LogP) is 1.42. The second-order valence-corrected chi connectivity index (χ2v) is 4.00. The van der Waals surface area contributed by atoms with Crippen molar-refractivity contribution in [1.29, 1.82) is 0 Å². The normalized spacial score (nSPS) is 30.2. The Bertz CT molecular complexity index is 600. The van der Waals surface area contributed by atoms with Gasteiger partial charge in [-0.25, -0.2) is 0 Å². The molecule has 0 saturated heterocycles. The summed E-state index contributed by atoms with van der Waals surface area (Å²) in [7, 11) is 0.627. The van der Waals surface area contributed by atoms with Crippen molar-refractivity contribution in [2.75, 3.05) is 7.05 Å². The lowest BCUT2D eigenvalue weighted by atomic mass is 9.98. The van der Waals surface area contributed by atoms with Crippen molar-refractivity contribution in [3.8, 4) is 0 Å². The van der Waals surface area contributed by atoms with Crippen LogP contribution in [-0.2, 0) is 14.3 Å². The molecule has 0 saturated carbocycles. The van der Waals surface area contributed by atoms with E-state index in [9.17, 15) is 14.7 Å². The van der Waals surface area contributed by atoms with Crippen LogP contribution in [0, 0.1) is 5.89 Å². The fourth-order valence-electron chi connectivity index (χ4n) is 0.760. The summed E-state index contributed by atoms with van der Waals surface area (Å²) < 4.78 is 82.3. The van der Waals surface area contributed by atoms with Gasteiger partial charge in [-0.15, -0.1) is 0 Å². The van der Waals surface area contributed by atoms with Gasteiger partial charge in [-0.3, -0.25) is 9.59 Å². The fourth-order valence-corrected chi connectivity index (χ4v) is 0.760. The summed E-state index contributed by atoms with van der Waals surface area (Å²) in [5.74, 6) is -8.37. The minimum absolute atomic E-state index is 0.254. The van der Waals surface area contributed by atoms with Crippen LogP contribution in [-0.4, -0.2) is 35.7 Å². The first-order valence-electron chi connectivity index (χ1n) is 9.66. The third-order valence-electron chi connectivity index (χ3n) is 1.30. The first-order valence-corrected chi connectivity index (χ1v) is 4.71. The molecule has 2 N–H and O–H groups in total. The Labute approximate surface area is 117 Å². The Morgan fingerprint density at radius 1 is 1.65 bits per heavy atom. The zero-order valence-corrected chi connectivity index (χ0v) is 10.1. The van der Waals surface area contributed by atoms with Gasteiger partial charge in [-0.2, -0.15) is 0 Å². The van der Waals surface area contributed by atoms with Crippen LogP contribution in [0.4, 0.5) is 0 Å². The lowest BCUT2D eigenvalue weighted by Gasteiger charge is -2.22. The van der Waals surface area contributed by atoms with Gasteiger partial charge in [0.05, 0.1) is 1.37 Å². The van der Waals surface area contributed by atoms with Crippen molar-refractivity contribution in [2.24, 2.45) is 5.89 Å². The smallest absolute Gasteiger partial charge is 0.320 e. The SMILES string of the molecule is [2H]N(C)[C@]([2H])(C(=O)O)C([2H])([2H])C([2H])(C([2H])([2H])[2H])C([2H])([2H])C(=O)OC(C)(C)C. The second kappa shape index (κ2) is 6.59. The van der Waals surface area contributed by atoms with E-state index in [2.05, 4.69) is 0 Å². The van der Waals surface area contributed by atoms with Gasteiger partial charge in [-0.1, -0.05) is 6.85 Å². The van der Waals surface area contributed by atoms with Crippen molar-refractivity contribution in [1.82, 2.24) is 5.31 Å². The molecule has 0 heterocycles. The monoisotopic (exact) mass is 255 g/mol. The number of hydrogen-bond donors (Lipinski definition) is 2. The summed E-state index contributed by atoms with van der Waals surface area (Å²) in [5.41, 5.74) is -1.33. The maximum Gasteiger partial charge on any atom is 0.320 e. The van der Waals surface area contributed by atoms with Crippen LogP contribution in [0.5, 0.6) is 0 Å². The van der Waals surface area contributed by atoms with Gasteiger partial charge < -0.3 is 15.2 Å². The molecular formula is C12H23NO4. The Morgan fingerprint density at radius 2 is 2.24 bits per heavy atom. The second-order valence-electron chi connectivity index (χ2n) is 4.00. The first-order chi connectivity index (χ1) is 11.5. The molecule has 5 nitrogen and oxygen atoms in total. The molecular weight excluding hydrogens is 222 g/mol. The van der Waals surface area contributed by atoms with E-state index in [4.69, 9.17) is 18.5 Å². The number of ether oxygens (including phenoxy) is 1. The van der Waals surface area contributed by atoms with E-state index >= 15 is 0 Å². The van der Waals surface area contributed by atoms with Gasteiger partial charge in [0, 0.05) is 17.3 Å². The zero-order valence-electron chi connectivity index (χ0n) is 20.1. The van der Waals surface area contributed by atoms with E-state index in [1.165, 1.54) is 20.8 Å². The molecule has 0 radical (unpaired) electrons. The molecule has 0 bridgehead atoms. The molecule has 0 fully saturated rings. The fraction of sp³-hybridized carbons (Fsp3) is 0.833. The number of carbonyl (C=O) groups is 2. The zero-order chi connectivity index (χ0) is 22.4. The predicted molar refractivity (Wildman–Crippen MR) is 64.7 cm³/mol. The number of rotatable bonds is 6. The minimum atomic E-state index is -4.12. The Hall–Kier alpha value is -1.10. The summed E-state index contributed by atoms with van der Waals surface area (Å²) >= 11 is 0. The number of hydrogen-bond acceptors (Lipinski definition) is 4. The number of carboxylic acid groups (broad SMARTS) is 1. The molecule has 0 spiro atoms. The molecule has 100 valence electrons. The highest BCUT2D eigenvalue weighted by molar-refractivity contribution is 5.74. The molecule has 5 heteroatoms. The summed E-state index contributed by atoms with van der Waals surface area (Å²) in [5, 5.41) is 9.01. The molecule has 0 aliphatic carbocycles. The average molecular weight is 255 g/mol. The van der Waals surface area contributed by atoms with Crippen LogP contribution < -0.4 is 5.31 Å². The number of likely N-dealkylation sites (N-methyl/N-ethyl adjacent to an activating group) is 1.